The van der Waals surface area contributed by atoms with Crippen molar-refractivity contribution in [3.8, 4) is 0 Å². The summed E-state index contributed by atoms with van der Waals surface area (Å²) in [5, 5.41) is 6.86. The van der Waals surface area contributed by atoms with Crippen molar-refractivity contribution in [2.45, 2.75) is 18.6 Å². The molecule has 0 aromatic heterocycles. The van der Waals surface area contributed by atoms with E-state index in [2.05, 4.69) is 27.8 Å². The lowest BCUT2D eigenvalue weighted by Gasteiger charge is -2.16. The first-order valence-electron chi connectivity index (χ1n) is 8.14. The van der Waals surface area contributed by atoms with Gasteiger partial charge in [0.25, 0.3) is 5.91 Å². The van der Waals surface area contributed by atoms with Crippen molar-refractivity contribution in [2.24, 2.45) is 10.3 Å². The Bertz CT molecular complexity index is 630. The van der Waals surface area contributed by atoms with E-state index in [4.69, 9.17) is 4.84 Å². The summed E-state index contributed by atoms with van der Waals surface area (Å²) in [5.74, 6) is 0.544. The quantitative estimate of drug-likeness (QED) is 0.0958. The van der Waals surface area contributed by atoms with Gasteiger partial charge in [0.15, 0.2) is 5.04 Å². The molecule has 10 nitrogen and oxygen atoms in total. The second kappa shape index (κ2) is 13.9. The van der Waals surface area contributed by atoms with E-state index in [1.807, 2.05) is 20.1 Å². The fraction of sp³-hybridized carbons (Fsp3) is 0.667. The van der Waals surface area contributed by atoms with E-state index < -0.39 is 18.1 Å². The van der Waals surface area contributed by atoms with Crippen LogP contribution in [0, 0.1) is 0 Å². The van der Waals surface area contributed by atoms with Crippen molar-refractivity contribution in [3.05, 3.63) is 0 Å². The lowest BCUT2D eigenvalue weighted by Crippen LogP contribution is -2.28. The van der Waals surface area contributed by atoms with Gasteiger partial charge in [0.05, 0.1) is 6.21 Å². The fourth-order valence-corrected chi connectivity index (χ4v) is 2.95. The summed E-state index contributed by atoms with van der Waals surface area (Å²) < 4.78 is 2.31. The predicted molar refractivity (Wildman–Crippen MR) is 125 cm³/mol. The molecule has 0 rings (SSSR count). The second-order valence-electron chi connectivity index (χ2n) is 6.03. The lowest BCUT2D eigenvalue weighted by atomic mass is 10.2. The Hall–Kier alpha value is -1.25. The molecule has 0 aromatic carbocycles. The maximum Gasteiger partial charge on any atom is 0.445 e. The fourth-order valence-electron chi connectivity index (χ4n) is 1.14. The molecule has 0 bridgehead atoms. The number of thioether (sulfide) groups is 1. The molecule has 14 heteroatoms. The van der Waals surface area contributed by atoms with Crippen LogP contribution >= 0.6 is 48.3 Å². The summed E-state index contributed by atoms with van der Waals surface area (Å²) in [6.45, 7) is 3.91. The second-order valence-corrected chi connectivity index (χ2v) is 10.3. The molecule has 0 spiro atoms. The SMILES string of the molecule is CSC(C)(C)C=NOC(=O)N(C)SCCSN(C)C(=O)ON=C(S)C(=O)N(C)C. The average molecular weight is 486 g/mol. The molecule has 0 aliphatic heterocycles. The van der Waals surface area contributed by atoms with Gasteiger partial charge in [-0.25, -0.2) is 9.59 Å². The summed E-state index contributed by atoms with van der Waals surface area (Å²) in [4.78, 5) is 45.9. The van der Waals surface area contributed by atoms with Gasteiger partial charge >= 0.3 is 12.2 Å². The van der Waals surface area contributed by atoms with E-state index in [0.29, 0.717) is 11.5 Å². The molecule has 0 aliphatic carbocycles. The zero-order valence-electron chi connectivity index (χ0n) is 17.4. The molecule has 166 valence electrons. The van der Waals surface area contributed by atoms with Crippen molar-refractivity contribution < 1.29 is 24.1 Å². The molecule has 0 saturated heterocycles. The number of carbonyl (C=O) groups is 3. The van der Waals surface area contributed by atoms with Crippen molar-refractivity contribution >= 4 is 77.6 Å². The van der Waals surface area contributed by atoms with Crippen LogP contribution in [0.4, 0.5) is 9.59 Å². The lowest BCUT2D eigenvalue weighted by molar-refractivity contribution is -0.121. The monoisotopic (exact) mass is 485 g/mol. The molecule has 0 unspecified atom stereocenters. The summed E-state index contributed by atoms with van der Waals surface area (Å²) in [6.07, 6.45) is 2.15. The number of nitrogens with zero attached hydrogens (tertiary/aromatic N) is 5. The van der Waals surface area contributed by atoms with Crippen LogP contribution in [0.3, 0.4) is 0 Å². The van der Waals surface area contributed by atoms with Crippen LogP contribution in [-0.4, -0.2) is 93.6 Å². The Kier molecular flexibility index (Phi) is 13.3. The van der Waals surface area contributed by atoms with E-state index in [1.54, 1.807) is 25.0 Å². The number of hydrogen-bond acceptors (Lipinski definition) is 10. The number of carbonyl (C=O) groups excluding carboxylic acids is 3. The standard InChI is InChI=1S/C15H27N5O5S4/c1-15(2,27-7)10-16-24-13(22)19(5)28-8-9-29-20(6)14(23)25-17-11(26)12(21)18(3)4/h10H,8-9H2,1-7H3,(H,17,26). The number of rotatable bonds is 10. The minimum Gasteiger partial charge on any atom is -0.343 e. The van der Waals surface area contributed by atoms with Gasteiger partial charge in [0.2, 0.25) is 0 Å². The zero-order chi connectivity index (χ0) is 22.6. The van der Waals surface area contributed by atoms with Gasteiger partial charge in [-0.05, 0) is 44.0 Å². The minimum atomic E-state index is -0.753. The van der Waals surface area contributed by atoms with Gasteiger partial charge in [-0.2, -0.15) is 11.8 Å². The van der Waals surface area contributed by atoms with Crippen LogP contribution in [0.5, 0.6) is 0 Å². The highest BCUT2D eigenvalue weighted by atomic mass is 32.2. The molecule has 0 aromatic rings. The summed E-state index contributed by atoms with van der Waals surface area (Å²) in [7, 11) is 6.12. The van der Waals surface area contributed by atoms with Gasteiger partial charge in [0, 0.05) is 44.4 Å². The van der Waals surface area contributed by atoms with Crippen LogP contribution in [0.2, 0.25) is 0 Å². The molecule has 0 N–H and O–H groups in total. The number of hydrogen-bond donors (Lipinski definition) is 1. The number of thiol groups is 1. The molecular formula is C15H27N5O5S4. The largest absolute Gasteiger partial charge is 0.445 e. The molecule has 0 radical (unpaired) electrons. The Balaban J connectivity index is 4.20. The van der Waals surface area contributed by atoms with E-state index >= 15 is 0 Å². The third-order valence-electron chi connectivity index (χ3n) is 3.00. The van der Waals surface area contributed by atoms with E-state index in [1.165, 1.54) is 58.5 Å². The van der Waals surface area contributed by atoms with Crippen LogP contribution in [0.25, 0.3) is 0 Å². The predicted octanol–water partition coefficient (Wildman–Crippen LogP) is 2.88. The van der Waals surface area contributed by atoms with Gasteiger partial charge < -0.3 is 4.90 Å². The first kappa shape index (κ1) is 27.8. The van der Waals surface area contributed by atoms with Crippen molar-refractivity contribution in [1.29, 1.82) is 0 Å². The first-order chi connectivity index (χ1) is 13.4. The van der Waals surface area contributed by atoms with Crippen LogP contribution in [0.1, 0.15) is 13.8 Å². The highest BCUT2D eigenvalue weighted by Crippen LogP contribution is 2.18. The van der Waals surface area contributed by atoms with Gasteiger partial charge in [-0.15, -0.1) is 12.6 Å². The van der Waals surface area contributed by atoms with Gasteiger partial charge in [-0.3, -0.25) is 23.1 Å². The molecule has 0 aliphatic rings. The number of oxime groups is 2. The van der Waals surface area contributed by atoms with Crippen molar-refractivity contribution in [2.75, 3.05) is 46.0 Å². The van der Waals surface area contributed by atoms with Crippen LogP contribution in [-0.2, 0) is 14.5 Å². The Morgan fingerprint density at radius 3 is 1.93 bits per heavy atom. The van der Waals surface area contributed by atoms with E-state index in [9.17, 15) is 14.4 Å². The summed E-state index contributed by atoms with van der Waals surface area (Å²) >= 11 is 7.84. The normalized spacial score (nSPS) is 11.9. The minimum absolute atomic E-state index is 0.223. The topological polar surface area (TPSA) is 104 Å². The third-order valence-corrected chi connectivity index (χ3v) is 6.53. The first-order valence-corrected chi connectivity index (χ1v) is 11.7. The van der Waals surface area contributed by atoms with Crippen LogP contribution in [0.15, 0.2) is 10.3 Å². The highest BCUT2D eigenvalue weighted by molar-refractivity contribution is 8.01. The number of amides is 3. The average Bonchev–Trinajstić information content (AvgIpc) is 2.67. The molecule has 0 saturated carbocycles. The Morgan fingerprint density at radius 2 is 1.48 bits per heavy atom. The maximum absolute atomic E-state index is 11.8. The zero-order valence-corrected chi connectivity index (χ0v) is 20.8. The highest BCUT2D eigenvalue weighted by Gasteiger charge is 2.16. The molecule has 0 fully saturated rings. The van der Waals surface area contributed by atoms with Crippen molar-refractivity contribution in [1.82, 2.24) is 13.5 Å². The van der Waals surface area contributed by atoms with E-state index in [0.717, 1.165) is 0 Å². The van der Waals surface area contributed by atoms with Gasteiger partial charge in [0.1, 0.15) is 0 Å². The van der Waals surface area contributed by atoms with Crippen LogP contribution < -0.4 is 0 Å². The Morgan fingerprint density at radius 1 is 1.00 bits per heavy atom. The maximum atomic E-state index is 11.8. The van der Waals surface area contributed by atoms with E-state index in [-0.39, 0.29) is 9.79 Å². The molecule has 0 atom stereocenters. The molecule has 3 amide bonds. The third kappa shape index (κ3) is 12.1. The van der Waals surface area contributed by atoms with Crippen molar-refractivity contribution in [3.63, 3.8) is 0 Å². The molecular weight excluding hydrogens is 458 g/mol. The smallest absolute Gasteiger partial charge is 0.343 e. The van der Waals surface area contributed by atoms with Gasteiger partial charge in [-0.1, -0.05) is 10.3 Å². The molecule has 0 heterocycles. The Labute approximate surface area is 189 Å². The summed E-state index contributed by atoms with van der Waals surface area (Å²) in [6, 6.07) is 0. The molecule has 29 heavy (non-hydrogen) atoms. The summed E-state index contributed by atoms with van der Waals surface area (Å²) in [5.41, 5.74) is 0.